The zero-order valence-corrected chi connectivity index (χ0v) is 21.0. The average Bonchev–Trinajstić information content (AvgIpc) is 3.39. The highest BCUT2D eigenvalue weighted by atomic mass is 16.2. The maximum atomic E-state index is 13.7. The molecule has 36 heavy (non-hydrogen) atoms. The molecule has 0 bridgehead atoms. The van der Waals surface area contributed by atoms with Gasteiger partial charge < -0.3 is 9.80 Å². The lowest BCUT2D eigenvalue weighted by Crippen LogP contribution is -2.39. The van der Waals surface area contributed by atoms with Crippen LogP contribution in [0.1, 0.15) is 48.1 Å². The van der Waals surface area contributed by atoms with E-state index in [1.54, 1.807) is 23.1 Å². The normalized spacial score (nSPS) is 18.3. The van der Waals surface area contributed by atoms with Crippen LogP contribution >= 0.6 is 0 Å². The summed E-state index contributed by atoms with van der Waals surface area (Å²) in [7, 11) is 0. The van der Waals surface area contributed by atoms with E-state index in [9.17, 15) is 14.9 Å². The number of pyridine rings is 1. The van der Waals surface area contributed by atoms with Gasteiger partial charge in [-0.05, 0) is 66.3 Å². The monoisotopic (exact) mass is 478 g/mol. The predicted molar refractivity (Wildman–Crippen MR) is 140 cm³/mol. The van der Waals surface area contributed by atoms with Crippen LogP contribution in [0.4, 0.5) is 11.4 Å². The number of aryl methyl sites for hydroxylation is 3. The van der Waals surface area contributed by atoms with Crippen LogP contribution in [0.5, 0.6) is 0 Å². The van der Waals surface area contributed by atoms with Crippen molar-refractivity contribution in [2.24, 2.45) is 5.92 Å². The Hall–Kier alpha value is -3.98. The number of hydrogen-bond acceptors (Lipinski definition) is 4. The van der Waals surface area contributed by atoms with Crippen LogP contribution in [-0.2, 0) is 27.8 Å². The Morgan fingerprint density at radius 3 is 2.69 bits per heavy atom. The Morgan fingerprint density at radius 2 is 1.92 bits per heavy atom. The topological polar surface area (TPSA) is 77.3 Å². The number of hydrogen-bond donors (Lipinski definition) is 0. The molecule has 0 aliphatic carbocycles. The Labute approximate surface area is 212 Å². The Kier molecular flexibility index (Phi) is 6.09. The van der Waals surface area contributed by atoms with Gasteiger partial charge in [0.05, 0.1) is 17.6 Å². The van der Waals surface area contributed by atoms with E-state index in [1.807, 2.05) is 23.4 Å². The molecule has 6 nitrogen and oxygen atoms in total. The maximum Gasteiger partial charge on any atom is 0.232 e. The molecule has 6 heteroatoms. The van der Waals surface area contributed by atoms with E-state index in [4.69, 9.17) is 0 Å². The van der Waals surface area contributed by atoms with E-state index in [-0.39, 0.29) is 23.7 Å². The van der Waals surface area contributed by atoms with Crippen LogP contribution < -0.4 is 9.80 Å². The molecule has 0 spiro atoms. The third kappa shape index (κ3) is 4.49. The number of carbonyl (C=O) groups excluding carboxylic acids is 2. The first-order chi connectivity index (χ1) is 17.2. The lowest BCUT2D eigenvalue weighted by Gasteiger charge is -2.23. The summed E-state index contributed by atoms with van der Waals surface area (Å²) in [6, 6.07) is 17.7. The highest BCUT2D eigenvalue weighted by molar-refractivity contribution is 6.05. The highest BCUT2D eigenvalue weighted by Crippen LogP contribution is 2.42. The van der Waals surface area contributed by atoms with Gasteiger partial charge in [0.15, 0.2) is 0 Å². The summed E-state index contributed by atoms with van der Waals surface area (Å²) < 4.78 is 0. The predicted octanol–water partition coefficient (Wildman–Crippen LogP) is 4.72. The van der Waals surface area contributed by atoms with Crippen molar-refractivity contribution >= 4 is 23.2 Å². The molecular formula is C30H30N4O2. The Bertz CT molecular complexity index is 1390. The number of fused-ring (bicyclic) bond motifs is 1. The fraction of sp³-hybridized carbons (Fsp3) is 0.333. The van der Waals surface area contributed by atoms with Crippen molar-refractivity contribution in [1.29, 1.82) is 5.26 Å². The fourth-order valence-electron chi connectivity index (χ4n) is 5.41. The second-order valence-electron chi connectivity index (χ2n) is 10.6. The summed E-state index contributed by atoms with van der Waals surface area (Å²) in [5.41, 5.74) is 6.76. The lowest BCUT2D eigenvalue weighted by atomic mass is 9.85. The molecule has 5 rings (SSSR count). The number of carbonyl (C=O) groups is 2. The third-order valence-electron chi connectivity index (χ3n) is 7.30. The molecule has 0 radical (unpaired) electrons. The Balaban J connectivity index is 1.33. The van der Waals surface area contributed by atoms with Gasteiger partial charge in [-0.15, -0.1) is 0 Å². The van der Waals surface area contributed by atoms with Crippen LogP contribution in [0.2, 0.25) is 0 Å². The first kappa shape index (κ1) is 23.7. The molecule has 182 valence electrons. The smallest absolute Gasteiger partial charge is 0.232 e. The first-order valence-corrected chi connectivity index (χ1v) is 12.4. The van der Waals surface area contributed by atoms with Crippen molar-refractivity contribution in [1.82, 2.24) is 4.98 Å². The summed E-state index contributed by atoms with van der Waals surface area (Å²) in [6.45, 7) is 7.34. The van der Waals surface area contributed by atoms with Crippen LogP contribution in [0.25, 0.3) is 0 Å². The lowest BCUT2D eigenvalue weighted by molar-refractivity contribution is -0.124. The van der Waals surface area contributed by atoms with Crippen molar-refractivity contribution in [3.8, 4) is 6.07 Å². The maximum absolute atomic E-state index is 13.7. The van der Waals surface area contributed by atoms with Gasteiger partial charge in [-0.2, -0.15) is 5.26 Å². The molecule has 2 amide bonds. The SMILES string of the molecule is Cc1cncc(CCc2ccc3c(c2)C(C)(C)CN3C(=O)[C@H]2CC(=O)N(c3cccc(C#N)c3)C2)c1. The molecule has 3 heterocycles. The van der Waals surface area contributed by atoms with Crippen LogP contribution in [0, 0.1) is 24.2 Å². The molecular weight excluding hydrogens is 448 g/mol. The van der Waals surface area contributed by atoms with E-state index in [1.165, 1.54) is 22.3 Å². The minimum atomic E-state index is -0.404. The van der Waals surface area contributed by atoms with Gasteiger partial charge in [-0.25, -0.2) is 0 Å². The number of nitriles is 1. The molecule has 2 aliphatic rings. The number of rotatable bonds is 5. The zero-order chi connectivity index (χ0) is 25.4. The van der Waals surface area contributed by atoms with E-state index >= 15 is 0 Å². The van der Waals surface area contributed by atoms with Crippen LogP contribution in [-0.4, -0.2) is 29.9 Å². The number of nitrogens with zero attached hydrogens (tertiary/aromatic N) is 4. The summed E-state index contributed by atoms with van der Waals surface area (Å²) in [5.74, 6) is -0.491. The average molecular weight is 479 g/mol. The van der Waals surface area contributed by atoms with Crippen molar-refractivity contribution in [3.05, 3.63) is 88.7 Å². The van der Waals surface area contributed by atoms with E-state index < -0.39 is 5.92 Å². The minimum Gasteiger partial charge on any atom is -0.312 e. The van der Waals surface area contributed by atoms with Crippen molar-refractivity contribution in [2.75, 3.05) is 22.9 Å². The minimum absolute atomic E-state index is 0.00676. The molecule has 0 unspecified atom stereocenters. The fourth-order valence-corrected chi connectivity index (χ4v) is 5.41. The second-order valence-corrected chi connectivity index (χ2v) is 10.6. The van der Waals surface area contributed by atoms with E-state index in [0.29, 0.717) is 24.3 Å². The molecule has 0 N–H and O–H groups in total. The van der Waals surface area contributed by atoms with Gasteiger partial charge in [0.2, 0.25) is 11.8 Å². The van der Waals surface area contributed by atoms with Gasteiger partial charge in [-0.3, -0.25) is 14.6 Å². The summed E-state index contributed by atoms with van der Waals surface area (Å²) >= 11 is 0. The molecule has 2 aliphatic heterocycles. The molecule has 1 atom stereocenters. The van der Waals surface area contributed by atoms with Crippen LogP contribution in [0.15, 0.2) is 60.9 Å². The van der Waals surface area contributed by atoms with Crippen molar-refractivity contribution in [2.45, 2.75) is 45.4 Å². The van der Waals surface area contributed by atoms with Gasteiger partial charge in [0.25, 0.3) is 0 Å². The van der Waals surface area contributed by atoms with Gasteiger partial charge in [0, 0.05) is 48.7 Å². The van der Waals surface area contributed by atoms with Gasteiger partial charge in [-0.1, -0.05) is 38.1 Å². The van der Waals surface area contributed by atoms with Crippen molar-refractivity contribution < 1.29 is 9.59 Å². The molecule has 1 fully saturated rings. The quantitative estimate of drug-likeness (QED) is 0.531. The van der Waals surface area contributed by atoms with Crippen molar-refractivity contribution in [3.63, 3.8) is 0 Å². The first-order valence-electron chi connectivity index (χ1n) is 12.4. The molecule has 1 aromatic heterocycles. The highest BCUT2D eigenvalue weighted by Gasteiger charge is 2.43. The standard InChI is InChI=1S/C30H30N4O2/c1-20-11-23(17-32-16-20)8-7-21-9-10-27-26(13-21)30(2,3)19-34(27)29(36)24-14-28(35)33(18-24)25-6-4-5-22(12-25)15-31/h4-6,9-13,16-17,24H,7-8,14,18-19H2,1-3H3/t24-/m0/s1. The van der Waals surface area contributed by atoms with Gasteiger partial charge >= 0.3 is 0 Å². The Morgan fingerprint density at radius 1 is 1.11 bits per heavy atom. The molecule has 3 aromatic rings. The number of benzene rings is 2. The third-order valence-corrected chi connectivity index (χ3v) is 7.30. The van der Waals surface area contributed by atoms with Crippen LogP contribution in [0.3, 0.4) is 0 Å². The second kappa shape index (κ2) is 9.23. The summed E-state index contributed by atoms with van der Waals surface area (Å²) in [6.07, 6.45) is 5.81. The summed E-state index contributed by atoms with van der Waals surface area (Å²) in [5, 5.41) is 9.20. The van der Waals surface area contributed by atoms with E-state index in [0.717, 1.165) is 18.5 Å². The largest absolute Gasteiger partial charge is 0.312 e. The molecule has 2 aromatic carbocycles. The molecule has 1 saturated heterocycles. The molecule has 0 saturated carbocycles. The summed E-state index contributed by atoms with van der Waals surface area (Å²) in [4.78, 5) is 34.3. The number of aromatic nitrogens is 1. The zero-order valence-electron chi connectivity index (χ0n) is 21.0. The number of anilines is 2. The number of amides is 2. The van der Waals surface area contributed by atoms with E-state index in [2.05, 4.69) is 56.1 Å². The van der Waals surface area contributed by atoms with Gasteiger partial charge in [0.1, 0.15) is 0 Å².